The van der Waals surface area contributed by atoms with Gasteiger partial charge in [-0.05, 0) is 24.9 Å². The van der Waals surface area contributed by atoms with Gasteiger partial charge in [-0.3, -0.25) is 0 Å². The lowest BCUT2D eigenvalue weighted by atomic mass is 9.99. The summed E-state index contributed by atoms with van der Waals surface area (Å²) in [7, 11) is 0. The van der Waals surface area contributed by atoms with Crippen LogP contribution < -0.4 is 5.32 Å². The van der Waals surface area contributed by atoms with E-state index in [1.807, 2.05) is 0 Å². The van der Waals surface area contributed by atoms with Gasteiger partial charge in [-0.25, -0.2) is 4.79 Å². The Hall–Kier alpha value is -1.29. The number of rotatable bonds is 9. The minimum absolute atomic E-state index is 0.0455. The summed E-state index contributed by atoms with van der Waals surface area (Å²) in [4.78, 5) is 10.9. The van der Waals surface area contributed by atoms with Crippen molar-refractivity contribution in [3.63, 3.8) is 0 Å². The number of carboxylic acid groups (broad SMARTS) is 1. The van der Waals surface area contributed by atoms with Gasteiger partial charge < -0.3 is 14.8 Å². The third-order valence-electron chi connectivity index (χ3n) is 3.23. The number of hydrogen-bond donors (Lipinski definition) is 2. The summed E-state index contributed by atoms with van der Waals surface area (Å²) in [6, 6.07) is 1.71. The number of unbranched alkanes of at least 4 members (excludes halogenated alkanes) is 1. The fourth-order valence-electron chi connectivity index (χ4n) is 2.02. The van der Waals surface area contributed by atoms with E-state index in [1.54, 1.807) is 6.07 Å². The number of aromatic carboxylic acids is 1. The molecule has 0 aliphatic rings. The molecule has 0 spiro atoms. The summed E-state index contributed by atoms with van der Waals surface area (Å²) in [5.74, 6) is -0.288. The molecule has 0 aliphatic carbocycles. The first-order valence-corrected chi connectivity index (χ1v) is 6.69. The highest BCUT2D eigenvalue weighted by Crippen LogP contribution is 2.13. The van der Waals surface area contributed by atoms with Crippen molar-refractivity contribution in [3.05, 3.63) is 23.7 Å². The smallest absolute Gasteiger partial charge is 0.372 e. The van der Waals surface area contributed by atoms with E-state index >= 15 is 0 Å². The monoisotopic (exact) mass is 253 g/mol. The molecule has 0 aliphatic heterocycles. The molecule has 0 bridgehead atoms. The Morgan fingerprint density at radius 3 is 2.89 bits per heavy atom. The van der Waals surface area contributed by atoms with Crippen molar-refractivity contribution in [2.24, 2.45) is 5.92 Å². The van der Waals surface area contributed by atoms with E-state index in [9.17, 15) is 4.79 Å². The first-order chi connectivity index (χ1) is 8.69. The van der Waals surface area contributed by atoms with Gasteiger partial charge in [0.25, 0.3) is 0 Å². The van der Waals surface area contributed by atoms with Crippen LogP contribution in [0.25, 0.3) is 0 Å². The van der Waals surface area contributed by atoms with Crippen LogP contribution in [0.3, 0.4) is 0 Å². The summed E-state index contributed by atoms with van der Waals surface area (Å²) in [5, 5.41) is 12.2. The number of carbonyl (C=O) groups is 1. The molecule has 1 aromatic rings. The van der Waals surface area contributed by atoms with Crippen LogP contribution in [-0.2, 0) is 6.54 Å². The second kappa shape index (κ2) is 7.93. The molecule has 102 valence electrons. The summed E-state index contributed by atoms with van der Waals surface area (Å²) in [6.45, 7) is 5.88. The standard InChI is InChI=1S/C14H23NO3/c1-3-5-6-11(4-2)9-15-10-12-7-8-18-13(12)14(16)17/h7-8,11,15H,3-6,9-10H2,1-2H3,(H,16,17). The van der Waals surface area contributed by atoms with E-state index in [4.69, 9.17) is 9.52 Å². The molecule has 1 atom stereocenters. The summed E-state index contributed by atoms with van der Waals surface area (Å²) >= 11 is 0. The lowest BCUT2D eigenvalue weighted by molar-refractivity contribution is 0.0660. The molecular formula is C14H23NO3. The van der Waals surface area contributed by atoms with Crippen LogP contribution in [0, 0.1) is 5.92 Å². The molecule has 1 aromatic heterocycles. The number of carboxylic acids is 1. The van der Waals surface area contributed by atoms with Crippen LogP contribution in [-0.4, -0.2) is 17.6 Å². The number of nitrogens with one attached hydrogen (secondary N) is 1. The Bertz CT molecular complexity index is 360. The van der Waals surface area contributed by atoms with Crippen molar-refractivity contribution in [1.82, 2.24) is 5.32 Å². The van der Waals surface area contributed by atoms with E-state index in [-0.39, 0.29) is 5.76 Å². The summed E-state index contributed by atoms with van der Waals surface area (Å²) < 4.78 is 4.94. The minimum atomic E-state index is -1.00. The van der Waals surface area contributed by atoms with Gasteiger partial charge in [0, 0.05) is 12.1 Å². The average Bonchev–Trinajstić information content (AvgIpc) is 2.82. The molecule has 2 N–H and O–H groups in total. The van der Waals surface area contributed by atoms with E-state index in [0.717, 1.165) is 13.0 Å². The molecule has 0 saturated carbocycles. The molecule has 18 heavy (non-hydrogen) atoms. The summed E-state index contributed by atoms with van der Waals surface area (Å²) in [6.07, 6.45) is 6.30. The Labute approximate surface area is 108 Å². The van der Waals surface area contributed by atoms with Gasteiger partial charge in [0.2, 0.25) is 5.76 Å². The van der Waals surface area contributed by atoms with E-state index in [2.05, 4.69) is 19.2 Å². The molecule has 0 amide bonds. The molecular weight excluding hydrogens is 230 g/mol. The Kier molecular flexibility index (Phi) is 6.50. The van der Waals surface area contributed by atoms with Crippen molar-refractivity contribution in [2.75, 3.05) is 6.54 Å². The van der Waals surface area contributed by atoms with E-state index < -0.39 is 5.97 Å². The van der Waals surface area contributed by atoms with Gasteiger partial charge in [-0.2, -0.15) is 0 Å². The minimum Gasteiger partial charge on any atom is -0.475 e. The van der Waals surface area contributed by atoms with Crippen molar-refractivity contribution in [2.45, 2.75) is 46.1 Å². The van der Waals surface area contributed by atoms with Crippen molar-refractivity contribution < 1.29 is 14.3 Å². The zero-order valence-electron chi connectivity index (χ0n) is 11.2. The van der Waals surface area contributed by atoms with E-state index in [1.165, 1.54) is 25.5 Å². The molecule has 1 unspecified atom stereocenters. The van der Waals surface area contributed by atoms with Gasteiger partial charge in [-0.15, -0.1) is 0 Å². The first-order valence-electron chi connectivity index (χ1n) is 6.69. The van der Waals surface area contributed by atoms with Crippen LogP contribution in [0.2, 0.25) is 0 Å². The Balaban J connectivity index is 2.35. The lowest BCUT2D eigenvalue weighted by Crippen LogP contribution is -2.22. The maximum absolute atomic E-state index is 10.9. The lowest BCUT2D eigenvalue weighted by Gasteiger charge is -2.14. The van der Waals surface area contributed by atoms with Crippen molar-refractivity contribution in [1.29, 1.82) is 0 Å². The second-order valence-electron chi connectivity index (χ2n) is 4.63. The maximum Gasteiger partial charge on any atom is 0.372 e. The topological polar surface area (TPSA) is 62.5 Å². The SMILES string of the molecule is CCCCC(CC)CNCc1ccoc1C(=O)O. The second-order valence-corrected chi connectivity index (χ2v) is 4.63. The Morgan fingerprint density at radius 2 is 2.28 bits per heavy atom. The molecule has 1 rings (SSSR count). The highest BCUT2D eigenvalue weighted by atomic mass is 16.4. The fourth-order valence-corrected chi connectivity index (χ4v) is 2.02. The molecule has 4 nitrogen and oxygen atoms in total. The van der Waals surface area contributed by atoms with Gasteiger partial charge >= 0.3 is 5.97 Å². The maximum atomic E-state index is 10.9. The van der Waals surface area contributed by atoms with Gasteiger partial charge in [0.15, 0.2) is 0 Å². The number of hydrogen-bond acceptors (Lipinski definition) is 3. The quantitative estimate of drug-likeness (QED) is 0.709. The van der Waals surface area contributed by atoms with Crippen LogP contribution >= 0.6 is 0 Å². The highest BCUT2D eigenvalue weighted by molar-refractivity contribution is 5.86. The third kappa shape index (κ3) is 4.53. The number of furan rings is 1. The molecule has 0 aromatic carbocycles. The van der Waals surface area contributed by atoms with Crippen molar-refractivity contribution in [3.8, 4) is 0 Å². The van der Waals surface area contributed by atoms with Crippen LogP contribution in [0.1, 0.15) is 55.6 Å². The normalized spacial score (nSPS) is 12.6. The molecule has 0 fully saturated rings. The predicted molar refractivity (Wildman–Crippen MR) is 70.7 cm³/mol. The predicted octanol–water partition coefficient (Wildman–Crippen LogP) is 3.28. The van der Waals surface area contributed by atoms with Crippen LogP contribution in [0.5, 0.6) is 0 Å². The molecule has 0 radical (unpaired) electrons. The summed E-state index contributed by atoms with van der Waals surface area (Å²) in [5.41, 5.74) is 0.716. The van der Waals surface area contributed by atoms with Crippen LogP contribution in [0.4, 0.5) is 0 Å². The van der Waals surface area contributed by atoms with Crippen LogP contribution in [0.15, 0.2) is 16.7 Å². The first kappa shape index (κ1) is 14.8. The largest absolute Gasteiger partial charge is 0.475 e. The van der Waals surface area contributed by atoms with Gasteiger partial charge in [0.1, 0.15) is 0 Å². The zero-order chi connectivity index (χ0) is 13.4. The average molecular weight is 253 g/mol. The molecule has 1 heterocycles. The van der Waals surface area contributed by atoms with E-state index in [0.29, 0.717) is 18.0 Å². The Morgan fingerprint density at radius 1 is 1.50 bits per heavy atom. The van der Waals surface area contributed by atoms with Crippen molar-refractivity contribution >= 4 is 5.97 Å². The highest BCUT2D eigenvalue weighted by Gasteiger charge is 2.13. The zero-order valence-corrected chi connectivity index (χ0v) is 11.2. The molecule has 4 heteroatoms. The third-order valence-corrected chi connectivity index (χ3v) is 3.23. The van der Waals surface area contributed by atoms with Gasteiger partial charge in [-0.1, -0.05) is 33.1 Å². The molecule has 0 saturated heterocycles. The fraction of sp³-hybridized carbons (Fsp3) is 0.643. The van der Waals surface area contributed by atoms with Gasteiger partial charge in [0.05, 0.1) is 6.26 Å².